The Morgan fingerprint density at radius 1 is 1.03 bits per heavy atom. The summed E-state index contributed by atoms with van der Waals surface area (Å²) in [5.41, 5.74) is 4.64. The zero-order valence-electron chi connectivity index (χ0n) is 17.9. The van der Waals surface area contributed by atoms with Crippen molar-refractivity contribution in [2.45, 2.75) is 40.0 Å². The summed E-state index contributed by atoms with van der Waals surface area (Å²) in [6.07, 6.45) is 1.70. The maximum absolute atomic E-state index is 12.7. The van der Waals surface area contributed by atoms with Gasteiger partial charge in [-0.25, -0.2) is 0 Å². The van der Waals surface area contributed by atoms with E-state index in [1.165, 1.54) is 5.56 Å². The number of thioether (sulfide) groups is 1. The fourth-order valence-corrected chi connectivity index (χ4v) is 4.04. The van der Waals surface area contributed by atoms with Gasteiger partial charge in [-0.3, -0.25) is 19.3 Å². The number of imide groups is 1. The second-order valence-corrected chi connectivity index (χ2v) is 9.45. The van der Waals surface area contributed by atoms with E-state index in [1.807, 2.05) is 56.3 Å². The highest BCUT2D eigenvalue weighted by Gasteiger charge is 2.36. The summed E-state index contributed by atoms with van der Waals surface area (Å²) in [6, 6.07) is 13.6. The average Bonchev–Trinajstić information content (AvgIpc) is 2.92. The first-order valence-corrected chi connectivity index (χ1v) is 10.6. The molecule has 0 unspecified atom stereocenters. The minimum atomic E-state index is -0.443. The molecule has 3 amide bonds. The number of benzene rings is 2. The van der Waals surface area contributed by atoms with Gasteiger partial charge in [0, 0.05) is 5.69 Å². The smallest absolute Gasteiger partial charge is 0.294 e. The van der Waals surface area contributed by atoms with Crippen LogP contribution in [0.3, 0.4) is 0 Å². The number of hydrogen-bond acceptors (Lipinski definition) is 4. The fraction of sp³-hybridized carbons (Fsp3) is 0.292. The third-order valence-corrected chi connectivity index (χ3v) is 5.90. The van der Waals surface area contributed by atoms with Crippen LogP contribution in [0.15, 0.2) is 47.4 Å². The highest BCUT2D eigenvalue weighted by Crippen LogP contribution is 2.32. The molecule has 0 spiro atoms. The van der Waals surface area contributed by atoms with Gasteiger partial charge >= 0.3 is 0 Å². The maximum Gasteiger partial charge on any atom is 0.294 e. The fourth-order valence-electron chi connectivity index (χ4n) is 3.20. The highest BCUT2D eigenvalue weighted by atomic mass is 32.2. The summed E-state index contributed by atoms with van der Waals surface area (Å²) in [5.74, 6) is -0.841. The summed E-state index contributed by atoms with van der Waals surface area (Å²) in [6.45, 7) is 9.90. The van der Waals surface area contributed by atoms with Gasteiger partial charge in [0.05, 0.1) is 4.91 Å². The van der Waals surface area contributed by atoms with Crippen molar-refractivity contribution in [1.82, 2.24) is 4.90 Å². The van der Waals surface area contributed by atoms with Crippen molar-refractivity contribution in [3.63, 3.8) is 0 Å². The summed E-state index contributed by atoms with van der Waals surface area (Å²) in [5, 5.41) is 2.38. The molecule has 0 radical (unpaired) electrons. The number of para-hydroxylation sites is 1. The number of aryl methyl sites for hydroxylation is 2. The predicted molar refractivity (Wildman–Crippen MR) is 122 cm³/mol. The lowest BCUT2D eigenvalue weighted by molar-refractivity contribution is -0.127. The van der Waals surface area contributed by atoms with Gasteiger partial charge in [-0.15, -0.1) is 0 Å². The number of carbonyl (C=O) groups is 3. The number of carbonyl (C=O) groups excluding carboxylic acids is 3. The van der Waals surface area contributed by atoms with Crippen LogP contribution in [0.5, 0.6) is 0 Å². The Kier molecular flexibility index (Phi) is 6.17. The van der Waals surface area contributed by atoms with Gasteiger partial charge in [0.1, 0.15) is 6.54 Å². The SMILES string of the molecule is Cc1cccc(C)c1NC(=O)CN1C(=O)S/C(=C/c2ccc(C(C)(C)C)cc2)C1=O. The largest absolute Gasteiger partial charge is 0.324 e. The van der Waals surface area contributed by atoms with Crippen molar-refractivity contribution >= 4 is 40.6 Å². The first-order valence-electron chi connectivity index (χ1n) is 9.78. The van der Waals surface area contributed by atoms with E-state index in [2.05, 4.69) is 26.1 Å². The Balaban J connectivity index is 1.71. The molecule has 30 heavy (non-hydrogen) atoms. The molecule has 1 heterocycles. The van der Waals surface area contributed by atoms with Crippen LogP contribution >= 0.6 is 11.8 Å². The van der Waals surface area contributed by atoms with Crippen LogP contribution in [-0.4, -0.2) is 28.5 Å². The molecule has 2 aromatic rings. The monoisotopic (exact) mass is 422 g/mol. The molecule has 1 aliphatic heterocycles. The normalized spacial score (nSPS) is 15.8. The first kappa shape index (κ1) is 21.8. The maximum atomic E-state index is 12.7. The van der Waals surface area contributed by atoms with E-state index in [4.69, 9.17) is 0 Å². The lowest BCUT2D eigenvalue weighted by atomic mass is 9.87. The molecule has 6 heteroatoms. The molecule has 0 aromatic heterocycles. The Labute approximate surface area is 181 Å². The molecule has 1 saturated heterocycles. The Morgan fingerprint density at radius 3 is 2.20 bits per heavy atom. The van der Waals surface area contributed by atoms with Gasteiger partial charge in [-0.2, -0.15) is 0 Å². The quantitative estimate of drug-likeness (QED) is 0.681. The van der Waals surface area contributed by atoms with Gasteiger partial charge in [-0.05, 0) is 59.4 Å². The van der Waals surface area contributed by atoms with Crippen LogP contribution in [0, 0.1) is 13.8 Å². The number of nitrogens with zero attached hydrogens (tertiary/aromatic N) is 1. The van der Waals surface area contributed by atoms with Crippen LogP contribution in [0.4, 0.5) is 10.5 Å². The molecule has 1 N–H and O–H groups in total. The van der Waals surface area contributed by atoms with Crippen molar-refractivity contribution in [3.05, 3.63) is 69.6 Å². The third-order valence-electron chi connectivity index (χ3n) is 5.00. The standard InChI is InChI=1S/C24H26N2O3S/c1-15-7-6-8-16(2)21(15)25-20(27)14-26-22(28)19(30-23(26)29)13-17-9-11-18(12-10-17)24(3,4)5/h6-13H,14H2,1-5H3,(H,25,27)/b19-13+. The van der Waals surface area contributed by atoms with E-state index in [-0.39, 0.29) is 12.0 Å². The van der Waals surface area contributed by atoms with Crippen molar-refractivity contribution in [2.24, 2.45) is 0 Å². The molecule has 0 saturated carbocycles. The number of anilines is 1. The Hall–Kier alpha value is -2.86. The minimum absolute atomic E-state index is 0.0409. The summed E-state index contributed by atoms with van der Waals surface area (Å²) >= 11 is 0.860. The molecule has 0 atom stereocenters. The summed E-state index contributed by atoms with van der Waals surface area (Å²) < 4.78 is 0. The number of hydrogen-bond donors (Lipinski definition) is 1. The van der Waals surface area contributed by atoms with Crippen LogP contribution in [0.1, 0.15) is 43.0 Å². The number of nitrogens with one attached hydrogen (secondary N) is 1. The van der Waals surface area contributed by atoms with Crippen molar-refractivity contribution in [3.8, 4) is 0 Å². The molecule has 2 aromatic carbocycles. The zero-order chi connectivity index (χ0) is 22.1. The van der Waals surface area contributed by atoms with E-state index in [1.54, 1.807) is 6.08 Å². The zero-order valence-corrected chi connectivity index (χ0v) is 18.7. The molecule has 5 nitrogen and oxygen atoms in total. The van der Waals surface area contributed by atoms with Crippen molar-refractivity contribution in [1.29, 1.82) is 0 Å². The molecule has 1 aliphatic rings. The van der Waals surface area contributed by atoms with E-state index in [0.717, 1.165) is 33.4 Å². The topological polar surface area (TPSA) is 66.5 Å². The van der Waals surface area contributed by atoms with Crippen LogP contribution < -0.4 is 5.32 Å². The van der Waals surface area contributed by atoms with Gasteiger partial charge in [0.25, 0.3) is 11.1 Å². The van der Waals surface area contributed by atoms with Crippen molar-refractivity contribution < 1.29 is 14.4 Å². The number of rotatable bonds is 4. The predicted octanol–water partition coefficient (Wildman–Crippen LogP) is 5.28. The van der Waals surface area contributed by atoms with Gasteiger partial charge in [0.15, 0.2) is 0 Å². The van der Waals surface area contributed by atoms with Gasteiger partial charge < -0.3 is 5.32 Å². The van der Waals surface area contributed by atoms with Gasteiger partial charge in [-0.1, -0.05) is 63.2 Å². The Morgan fingerprint density at radius 2 is 1.63 bits per heavy atom. The Bertz CT molecular complexity index is 1010. The third kappa shape index (κ3) is 4.82. The number of amides is 3. The molecule has 0 aliphatic carbocycles. The lowest BCUT2D eigenvalue weighted by Crippen LogP contribution is -2.36. The van der Waals surface area contributed by atoms with Gasteiger partial charge in [0.2, 0.25) is 5.91 Å². The molecular weight excluding hydrogens is 396 g/mol. The molecular formula is C24H26N2O3S. The average molecular weight is 423 g/mol. The first-order chi connectivity index (χ1) is 14.1. The summed E-state index contributed by atoms with van der Waals surface area (Å²) in [7, 11) is 0. The minimum Gasteiger partial charge on any atom is -0.324 e. The molecule has 1 fully saturated rings. The molecule has 3 rings (SSSR count). The second kappa shape index (κ2) is 8.48. The summed E-state index contributed by atoms with van der Waals surface area (Å²) in [4.78, 5) is 38.8. The van der Waals surface area contributed by atoms with E-state index in [0.29, 0.717) is 10.6 Å². The van der Waals surface area contributed by atoms with Crippen LogP contribution in [-0.2, 0) is 15.0 Å². The van der Waals surface area contributed by atoms with Crippen molar-refractivity contribution in [2.75, 3.05) is 11.9 Å². The van der Waals surface area contributed by atoms with E-state index >= 15 is 0 Å². The van der Waals surface area contributed by atoms with E-state index < -0.39 is 17.1 Å². The molecule has 156 valence electrons. The van der Waals surface area contributed by atoms with E-state index in [9.17, 15) is 14.4 Å². The van der Waals surface area contributed by atoms with Crippen LogP contribution in [0.2, 0.25) is 0 Å². The molecule has 0 bridgehead atoms. The van der Waals surface area contributed by atoms with Crippen LogP contribution in [0.25, 0.3) is 6.08 Å². The second-order valence-electron chi connectivity index (χ2n) is 8.45. The highest BCUT2D eigenvalue weighted by molar-refractivity contribution is 8.18. The lowest BCUT2D eigenvalue weighted by Gasteiger charge is -2.18.